The van der Waals surface area contributed by atoms with Crippen LogP contribution in [0.5, 0.6) is 0 Å². The molecule has 1 saturated carbocycles. The SMILES string of the molecule is COCc1nc(C2CC(N)C2)cc(N2CCOCC2)n1. The Morgan fingerprint density at radius 2 is 2.10 bits per heavy atom. The highest BCUT2D eigenvalue weighted by Crippen LogP contribution is 2.35. The molecule has 0 aromatic carbocycles. The molecule has 6 heteroatoms. The molecule has 20 heavy (non-hydrogen) atoms. The lowest BCUT2D eigenvalue weighted by Crippen LogP contribution is -2.38. The van der Waals surface area contributed by atoms with Crippen LogP contribution in [0.1, 0.15) is 30.3 Å². The van der Waals surface area contributed by atoms with Gasteiger partial charge < -0.3 is 20.1 Å². The van der Waals surface area contributed by atoms with Crippen LogP contribution in [0.15, 0.2) is 6.07 Å². The number of ether oxygens (including phenoxy) is 2. The minimum absolute atomic E-state index is 0.327. The van der Waals surface area contributed by atoms with Gasteiger partial charge in [0.25, 0.3) is 0 Å². The number of hydrogen-bond acceptors (Lipinski definition) is 6. The monoisotopic (exact) mass is 278 g/mol. The van der Waals surface area contributed by atoms with Gasteiger partial charge >= 0.3 is 0 Å². The molecule has 0 spiro atoms. The Morgan fingerprint density at radius 3 is 2.75 bits per heavy atom. The van der Waals surface area contributed by atoms with Crippen LogP contribution >= 0.6 is 0 Å². The van der Waals surface area contributed by atoms with Gasteiger partial charge in [0, 0.05) is 43.9 Å². The fraction of sp³-hybridized carbons (Fsp3) is 0.714. The van der Waals surface area contributed by atoms with Gasteiger partial charge in [0.15, 0.2) is 5.82 Å². The van der Waals surface area contributed by atoms with Crippen molar-refractivity contribution < 1.29 is 9.47 Å². The number of morpholine rings is 1. The molecule has 2 N–H and O–H groups in total. The van der Waals surface area contributed by atoms with Crippen molar-refractivity contribution in [1.29, 1.82) is 0 Å². The molecule has 1 saturated heterocycles. The van der Waals surface area contributed by atoms with Gasteiger partial charge in [-0.1, -0.05) is 0 Å². The van der Waals surface area contributed by atoms with Crippen LogP contribution in [-0.4, -0.2) is 49.4 Å². The van der Waals surface area contributed by atoms with Gasteiger partial charge in [0.1, 0.15) is 12.4 Å². The van der Waals surface area contributed by atoms with Crippen LogP contribution in [0.25, 0.3) is 0 Å². The number of aromatic nitrogens is 2. The van der Waals surface area contributed by atoms with Crippen LogP contribution in [0.3, 0.4) is 0 Å². The number of anilines is 1. The van der Waals surface area contributed by atoms with Gasteiger partial charge in [-0.25, -0.2) is 9.97 Å². The molecule has 0 amide bonds. The van der Waals surface area contributed by atoms with Crippen LogP contribution < -0.4 is 10.6 Å². The summed E-state index contributed by atoms with van der Waals surface area (Å²) in [7, 11) is 1.67. The zero-order valence-electron chi connectivity index (χ0n) is 11.9. The number of nitrogens with two attached hydrogens (primary N) is 1. The zero-order chi connectivity index (χ0) is 13.9. The average Bonchev–Trinajstić information content (AvgIpc) is 2.45. The molecule has 0 atom stereocenters. The molecule has 110 valence electrons. The Morgan fingerprint density at radius 1 is 1.35 bits per heavy atom. The second kappa shape index (κ2) is 6.03. The van der Waals surface area contributed by atoms with Gasteiger partial charge in [-0.3, -0.25) is 0 Å². The maximum atomic E-state index is 5.89. The van der Waals surface area contributed by atoms with Crippen LogP contribution in [0, 0.1) is 0 Å². The second-order valence-electron chi connectivity index (χ2n) is 5.53. The van der Waals surface area contributed by atoms with E-state index in [2.05, 4.69) is 20.9 Å². The molecule has 0 unspecified atom stereocenters. The van der Waals surface area contributed by atoms with Crippen molar-refractivity contribution >= 4 is 5.82 Å². The van der Waals surface area contributed by atoms with Crippen LogP contribution in [0.2, 0.25) is 0 Å². The Hall–Kier alpha value is -1.24. The van der Waals surface area contributed by atoms with Crippen molar-refractivity contribution in [2.24, 2.45) is 5.73 Å². The van der Waals surface area contributed by atoms with E-state index in [-0.39, 0.29) is 0 Å². The standard InChI is InChI=1S/C14H22N4O2/c1-19-9-13-16-12(10-6-11(15)7-10)8-14(17-13)18-2-4-20-5-3-18/h8,10-11H,2-7,9,15H2,1H3. The Kier molecular flexibility index (Phi) is 4.14. The van der Waals surface area contributed by atoms with E-state index >= 15 is 0 Å². The largest absolute Gasteiger partial charge is 0.378 e. The topological polar surface area (TPSA) is 73.5 Å². The summed E-state index contributed by atoms with van der Waals surface area (Å²) >= 11 is 0. The van der Waals surface area contributed by atoms with E-state index in [0.29, 0.717) is 18.6 Å². The van der Waals surface area contributed by atoms with E-state index in [9.17, 15) is 0 Å². The average molecular weight is 278 g/mol. The maximum Gasteiger partial charge on any atom is 0.156 e. The Bertz CT molecular complexity index is 456. The lowest BCUT2D eigenvalue weighted by Gasteiger charge is -2.33. The third-order valence-corrected chi connectivity index (χ3v) is 3.98. The van der Waals surface area contributed by atoms with E-state index in [0.717, 1.165) is 56.5 Å². The highest BCUT2D eigenvalue weighted by molar-refractivity contribution is 5.41. The van der Waals surface area contributed by atoms with Crippen molar-refractivity contribution in [2.45, 2.75) is 31.4 Å². The number of hydrogen-bond donors (Lipinski definition) is 1. The molecule has 0 bridgehead atoms. The molecule has 2 heterocycles. The third-order valence-electron chi connectivity index (χ3n) is 3.98. The van der Waals surface area contributed by atoms with Crippen LogP contribution in [-0.2, 0) is 16.1 Å². The third kappa shape index (κ3) is 2.92. The first kappa shape index (κ1) is 13.7. The molecule has 3 rings (SSSR count). The van der Waals surface area contributed by atoms with E-state index in [1.165, 1.54) is 0 Å². The molecule has 1 aromatic heterocycles. The fourth-order valence-corrected chi connectivity index (χ4v) is 2.76. The predicted octanol–water partition coefficient (Wildman–Crippen LogP) is 0.664. The highest BCUT2D eigenvalue weighted by atomic mass is 16.5. The smallest absolute Gasteiger partial charge is 0.156 e. The van der Waals surface area contributed by atoms with Crippen molar-refractivity contribution in [1.82, 2.24) is 9.97 Å². The van der Waals surface area contributed by atoms with Gasteiger partial charge in [0.05, 0.1) is 13.2 Å². The summed E-state index contributed by atoms with van der Waals surface area (Å²) < 4.78 is 10.6. The van der Waals surface area contributed by atoms with Gasteiger partial charge in [-0.05, 0) is 12.8 Å². The first-order valence-corrected chi connectivity index (χ1v) is 7.21. The molecule has 1 aromatic rings. The summed E-state index contributed by atoms with van der Waals surface area (Å²) in [6.45, 7) is 3.73. The lowest BCUT2D eigenvalue weighted by molar-refractivity contribution is 0.122. The molecule has 1 aliphatic carbocycles. The summed E-state index contributed by atoms with van der Waals surface area (Å²) in [6, 6.07) is 2.44. The summed E-state index contributed by atoms with van der Waals surface area (Å²) in [5.41, 5.74) is 7.00. The molecule has 1 aliphatic heterocycles. The quantitative estimate of drug-likeness (QED) is 0.872. The Balaban J connectivity index is 1.83. The lowest BCUT2D eigenvalue weighted by atomic mass is 9.78. The molecular weight excluding hydrogens is 256 g/mol. The van der Waals surface area contributed by atoms with E-state index < -0.39 is 0 Å². The molecular formula is C14H22N4O2. The van der Waals surface area contributed by atoms with Crippen molar-refractivity contribution in [3.8, 4) is 0 Å². The van der Waals surface area contributed by atoms with E-state index in [4.69, 9.17) is 15.2 Å². The van der Waals surface area contributed by atoms with Gasteiger partial charge in [-0.15, -0.1) is 0 Å². The summed E-state index contributed by atoms with van der Waals surface area (Å²) in [4.78, 5) is 11.5. The first-order chi connectivity index (χ1) is 9.76. The summed E-state index contributed by atoms with van der Waals surface area (Å²) in [5.74, 6) is 2.22. The number of methoxy groups -OCH3 is 1. The maximum absolute atomic E-state index is 5.89. The fourth-order valence-electron chi connectivity index (χ4n) is 2.76. The predicted molar refractivity (Wildman–Crippen MR) is 75.7 cm³/mol. The highest BCUT2D eigenvalue weighted by Gasteiger charge is 2.29. The Labute approximate surface area is 119 Å². The number of nitrogens with zero attached hydrogens (tertiary/aromatic N) is 3. The minimum Gasteiger partial charge on any atom is -0.378 e. The first-order valence-electron chi connectivity index (χ1n) is 7.21. The van der Waals surface area contributed by atoms with Crippen molar-refractivity contribution in [2.75, 3.05) is 38.3 Å². The van der Waals surface area contributed by atoms with E-state index in [1.54, 1.807) is 7.11 Å². The summed E-state index contributed by atoms with van der Waals surface area (Å²) in [6.07, 6.45) is 2.04. The van der Waals surface area contributed by atoms with Crippen LogP contribution in [0.4, 0.5) is 5.82 Å². The van der Waals surface area contributed by atoms with Gasteiger partial charge in [0.2, 0.25) is 0 Å². The van der Waals surface area contributed by atoms with Crippen molar-refractivity contribution in [3.63, 3.8) is 0 Å². The summed E-state index contributed by atoms with van der Waals surface area (Å²) in [5, 5.41) is 0. The van der Waals surface area contributed by atoms with Gasteiger partial charge in [-0.2, -0.15) is 0 Å². The second-order valence-corrected chi connectivity index (χ2v) is 5.53. The van der Waals surface area contributed by atoms with E-state index in [1.807, 2.05) is 0 Å². The minimum atomic E-state index is 0.327. The molecule has 6 nitrogen and oxygen atoms in total. The molecule has 0 radical (unpaired) electrons. The molecule has 2 fully saturated rings. The van der Waals surface area contributed by atoms with Crippen molar-refractivity contribution in [3.05, 3.63) is 17.6 Å². The normalized spacial score (nSPS) is 26.4. The zero-order valence-corrected chi connectivity index (χ0v) is 11.9. The molecule has 2 aliphatic rings. The number of rotatable bonds is 4.